The van der Waals surface area contributed by atoms with Gasteiger partial charge in [-0.05, 0) is 54.4 Å². The van der Waals surface area contributed by atoms with Crippen LogP contribution in [0, 0.1) is 0 Å². The van der Waals surface area contributed by atoms with Gasteiger partial charge >= 0.3 is 0 Å². The van der Waals surface area contributed by atoms with Crippen LogP contribution in [0.2, 0.25) is 0 Å². The topological polar surface area (TPSA) is 105 Å². The molecule has 8 nitrogen and oxygen atoms in total. The van der Waals surface area contributed by atoms with Crippen LogP contribution < -0.4 is 20.1 Å². The van der Waals surface area contributed by atoms with Gasteiger partial charge in [-0.3, -0.25) is 9.59 Å². The summed E-state index contributed by atoms with van der Waals surface area (Å²) in [5.74, 6) is 1.75. The van der Waals surface area contributed by atoms with E-state index in [2.05, 4.69) is 20.6 Å². The van der Waals surface area contributed by atoms with Crippen molar-refractivity contribution in [1.29, 1.82) is 0 Å². The Bertz CT molecular complexity index is 1350. The summed E-state index contributed by atoms with van der Waals surface area (Å²) in [5, 5.41) is 5.73. The van der Waals surface area contributed by atoms with E-state index in [0.29, 0.717) is 29.2 Å². The number of carbonyl (C=O) groups excluding carboxylic acids is 2. The van der Waals surface area contributed by atoms with E-state index in [-0.39, 0.29) is 11.8 Å². The summed E-state index contributed by atoms with van der Waals surface area (Å²) in [6, 6.07) is 18.4. The Hall–Kier alpha value is -4.33. The molecule has 0 radical (unpaired) electrons. The van der Waals surface area contributed by atoms with E-state index in [1.165, 1.54) is 0 Å². The zero-order chi connectivity index (χ0) is 24.8. The lowest BCUT2D eigenvalue weighted by atomic mass is 10.1. The largest absolute Gasteiger partial charge is 0.497 e. The smallest absolute Gasteiger partial charge is 0.255 e. The van der Waals surface area contributed by atoms with Gasteiger partial charge in [-0.1, -0.05) is 19.1 Å². The summed E-state index contributed by atoms with van der Waals surface area (Å²) >= 11 is 0. The highest BCUT2D eigenvalue weighted by Gasteiger charge is 2.13. The normalized spacial score (nSPS) is 10.7. The lowest BCUT2D eigenvalue weighted by Crippen LogP contribution is -2.12. The number of aromatic amines is 1. The molecule has 0 aliphatic heterocycles. The van der Waals surface area contributed by atoms with E-state index in [0.717, 1.165) is 41.0 Å². The van der Waals surface area contributed by atoms with Crippen LogP contribution in [0.3, 0.4) is 0 Å². The van der Waals surface area contributed by atoms with Gasteiger partial charge in [0.15, 0.2) is 0 Å². The van der Waals surface area contributed by atoms with Crippen LogP contribution in [0.25, 0.3) is 11.0 Å². The fraction of sp³-hybridized carbons (Fsp3) is 0.222. The molecular formula is C27H28N4O4. The van der Waals surface area contributed by atoms with Crippen molar-refractivity contribution in [2.75, 3.05) is 24.9 Å². The fourth-order valence-electron chi connectivity index (χ4n) is 3.70. The average molecular weight is 473 g/mol. The van der Waals surface area contributed by atoms with Crippen molar-refractivity contribution < 1.29 is 19.1 Å². The highest BCUT2D eigenvalue weighted by atomic mass is 16.5. The maximum Gasteiger partial charge on any atom is 0.255 e. The molecule has 4 rings (SSSR count). The molecule has 2 amide bonds. The number of H-pyrrole nitrogens is 1. The number of fused-ring (bicyclic) bond motifs is 1. The fourth-order valence-corrected chi connectivity index (χ4v) is 3.70. The number of aryl methyl sites for hydroxylation is 2. The number of anilines is 2. The van der Waals surface area contributed by atoms with Gasteiger partial charge in [-0.25, -0.2) is 4.98 Å². The molecule has 180 valence electrons. The predicted octanol–water partition coefficient (Wildman–Crippen LogP) is 4.97. The number of rotatable bonds is 9. The molecule has 0 unspecified atom stereocenters. The SMILES string of the molecule is CCC(=O)Nc1ccc(CCc2nc3ccc(C(=O)Nc4cc(OC)ccc4OC)cc3[nH]2)cc1. The molecule has 0 bridgehead atoms. The molecule has 0 aliphatic rings. The molecule has 8 heteroatoms. The maximum atomic E-state index is 12.9. The van der Waals surface area contributed by atoms with Gasteiger partial charge in [0.2, 0.25) is 5.91 Å². The standard InChI is InChI=1S/C27H28N4O4/c1-4-26(32)28-19-9-5-17(6-10-19)7-14-25-29-21-12-8-18(15-22(21)30-25)27(33)31-23-16-20(34-2)11-13-24(23)35-3/h5-6,8-13,15-16H,4,7,14H2,1-3H3,(H,28,32)(H,29,30)(H,31,33). The number of nitrogens with zero attached hydrogens (tertiary/aromatic N) is 1. The zero-order valence-electron chi connectivity index (χ0n) is 20.0. The van der Waals surface area contributed by atoms with Crippen LogP contribution in [0.15, 0.2) is 60.7 Å². The third-order valence-corrected chi connectivity index (χ3v) is 5.66. The Morgan fingerprint density at radius 2 is 1.71 bits per heavy atom. The van der Waals surface area contributed by atoms with Crippen LogP contribution in [-0.4, -0.2) is 36.0 Å². The number of amides is 2. The van der Waals surface area contributed by atoms with Crippen LogP contribution in [0.4, 0.5) is 11.4 Å². The second-order valence-corrected chi connectivity index (χ2v) is 8.03. The number of imidazole rings is 1. The van der Waals surface area contributed by atoms with Crippen LogP contribution in [0.1, 0.15) is 35.1 Å². The Morgan fingerprint density at radius 1 is 0.914 bits per heavy atom. The van der Waals surface area contributed by atoms with E-state index in [1.807, 2.05) is 37.3 Å². The molecule has 0 fully saturated rings. The molecule has 35 heavy (non-hydrogen) atoms. The number of methoxy groups -OCH3 is 2. The summed E-state index contributed by atoms with van der Waals surface area (Å²) in [5.41, 5.74) is 4.56. The lowest BCUT2D eigenvalue weighted by molar-refractivity contribution is -0.115. The van der Waals surface area contributed by atoms with E-state index >= 15 is 0 Å². The number of benzene rings is 3. The molecule has 3 aromatic carbocycles. The van der Waals surface area contributed by atoms with Gasteiger partial charge in [0.25, 0.3) is 5.91 Å². The summed E-state index contributed by atoms with van der Waals surface area (Å²) in [6.45, 7) is 1.82. The third kappa shape index (κ3) is 5.78. The molecule has 0 aliphatic carbocycles. The second-order valence-electron chi connectivity index (χ2n) is 8.03. The van der Waals surface area contributed by atoms with Gasteiger partial charge < -0.3 is 25.1 Å². The van der Waals surface area contributed by atoms with E-state index in [9.17, 15) is 9.59 Å². The number of hydrogen-bond donors (Lipinski definition) is 3. The van der Waals surface area contributed by atoms with Crippen molar-refractivity contribution in [3.05, 3.63) is 77.6 Å². The zero-order valence-corrected chi connectivity index (χ0v) is 20.0. The highest BCUT2D eigenvalue weighted by molar-refractivity contribution is 6.06. The first-order valence-corrected chi connectivity index (χ1v) is 11.4. The first-order chi connectivity index (χ1) is 17.0. The number of nitrogens with one attached hydrogen (secondary N) is 3. The first kappa shape index (κ1) is 23.8. The van der Waals surface area contributed by atoms with Crippen molar-refractivity contribution in [3.8, 4) is 11.5 Å². The van der Waals surface area contributed by atoms with E-state index < -0.39 is 0 Å². The second kappa shape index (κ2) is 10.7. The summed E-state index contributed by atoms with van der Waals surface area (Å²) in [7, 11) is 3.12. The van der Waals surface area contributed by atoms with Crippen molar-refractivity contribution in [3.63, 3.8) is 0 Å². The van der Waals surface area contributed by atoms with Crippen LogP contribution in [-0.2, 0) is 17.6 Å². The monoisotopic (exact) mass is 472 g/mol. The molecule has 3 N–H and O–H groups in total. The minimum absolute atomic E-state index is 0.00397. The number of ether oxygens (including phenoxy) is 2. The quantitative estimate of drug-likeness (QED) is 0.319. The first-order valence-electron chi connectivity index (χ1n) is 11.4. The highest BCUT2D eigenvalue weighted by Crippen LogP contribution is 2.29. The Balaban J connectivity index is 1.43. The Morgan fingerprint density at radius 3 is 2.43 bits per heavy atom. The van der Waals surface area contributed by atoms with Gasteiger partial charge in [-0.15, -0.1) is 0 Å². The van der Waals surface area contributed by atoms with Crippen molar-refractivity contribution in [2.24, 2.45) is 0 Å². The number of carbonyl (C=O) groups is 2. The van der Waals surface area contributed by atoms with Crippen molar-refractivity contribution in [1.82, 2.24) is 9.97 Å². The molecule has 0 spiro atoms. The predicted molar refractivity (Wildman–Crippen MR) is 136 cm³/mol. The molecule has 1 aromatic heterocycles. The average Bonchev–Trinajstić information content (AvgIpc) is 3.30. The third-order valence-electron chi connectivity index (χ3n) is 5.66. The van der Waals surface area contributed by atoms with Gasteiger partial charge in [-0.2, -0.15) is 0 Å². The molecule has 1 heterocycles. The van der Waals surface area contributed by atoms with Crippen molar-refractivity contribution >= 4 is 34.2 Å². The Labute approximate surface area is 203 Å². The van der Waals surface area contributed by atoms with Gasteiger partial charge in [0.1, 0.15) is 17.3 Å². The summed E-state index contributed by atoms with van der Waals surface area (Å²) in [6.07, 6.45) is 1.97. The lowest BCUT2D eigenvalue weighted by Gasteiger charge is -2.11. The van der Waals surface area contributed by atoms with Crippen LogP contribution in [0.5, 0.6) is 11.5 Å². The van der Waals surface area contributed by atoms with Gasteiger partial charge in [0.05, 0.1) is 30.9 Å². The molecule has 0 atom stereocenters. The summed E-state index contributed by atoms with van der Waals surface area (Å²) in [4.78, 5) is 32.4. The number of hydrogen-bond acceptors (Lipinski definition) is 5. The van der Waals surface area contributed by atoms with E-state index in [4.69, 9.17) is 9.47 Å². The minimum atomic E-state index is -0.259. The molecule has 0 saturated carbocycles. The van der Waals surface area contributed by atoms with Gasteiger partial charge in [0, 0.05) is 30.2 Å². The minimum Gasteiger partial charge on any atom is -0.497 e. The molecular weight excluding hydrogens is 444 g/mol. The van der Waals surface area contributed by atoms with Crippen molar-refractivity contribution in [2.45, 2.75) is 26.2 Å². The Kier molecular flexibility index (Phi) is 7.30. The molecule has 4 aromatic rings. The number of aromatic nitrogens is 2. The van der Waals surface area contributed by atoms with Crippen LogP contribution >= 0.6 is 0 Å². The molecule has 0 saturated heterocycles. The van der Waals surface area contributed by atoms with E-state index in [1.54, 1.807) is 44.6 Å². The summed E-state index contributed by atoms with van der Waals surface area (Å²) < 4.78 is 10.6. The maximum absolute atomic E-state index is 12.9.